The van der Waals surface area contributed by atoms with Gasteiger partial charge in [-0.2, -0.15) is 0 Å². The van der Waals surface area contributed by atoms with Crippen LogP contribution in [0.15, 0.2) is 35.1 Å². The van der Waals surface area contributed by atoms with E-state index in [1.165, 1.54) is 12.4 Å². The minimum Gasteiger partial charge on any atom is -0.418 e. The Labute approximate surface area is 107 Å². The second-order valence-electron chi connectivity index (χ2n) is 3.94. The van der Waals surface area contributed by atoms with Crippen LogP contribution in [-0.2, 0) is 0 Å². The van der Waals surface area contributed by atoms with Crippen LogP contribution in [0.3, 0.4) is 0 Å². The average molecular weight is 263 g/mol. The zero-order chi connectivity index (χ0) is 12.7. The van der Waals surface area contributed by atoms with Gasteiger partial charge in [-0.05, 0) is 18.6 Å². The molecule has 0 aromatic carbocycles. The number of rotatable bonds is 1. The lowest BCUT2D eigenvalue weighted by molar-refractivity contribution is -0.904. The van der Waals surface area contributed by atoms with Crippen LogP contribution >= 0.6 is 11.6 Å². The molecule has 5 nitrogen and oxygen atoms in total. The van der Waals surface area contributed by atoms with Gasteiger partial charge in [-0.3, -0.25) is 5.21 Å². The molecule has 0 radical (unpaired) electrons. The van der Waals surface area contributed by atoms with Crippen LogP contribution in [-0.4, -0.2) is 15.2 Å². The molecule has 0 amide bonds. The van der Waals surface area contributed by atoms with Crippen LogP contribution in [0.2, 0.25) is 5.02 Å². The SMILES string of the molecule is Cc1cnc2oc(-c3cc[n+](O)cc3Cl)nc2c1. The first-order valence-electron chi connectivity index (χ1n) is 5.27. The van der Waals surface area contributed by atoms with Crippen LogP contribution in [0.1, 0.15) is 5.56 Å². The number of pyridine rings is 2. The molecule has 0 aliphatic rings. The van der Waals surface area contributed by atoms with Gasteiger partial charge in [0.2, 0.25) is 24.0 Å². The number of oxazole rings is 1. The van der Waals surface area contributed by atoms with Gasteiger partial charge in [-0.15, -0.1) is 0 Å². The summed E-state index contributed by atoms with van der Waals surface area (Å²) in [4.78, 5) is 8.48. The van der Waals surface area contributed by atoms with E-state index in [9.17, 15) is 5.21 Å². The first-order chi connectivity index (χ1) is 8.63. The molecule has 0 saturated heterocycles. The Morgan fingerprint density at radius 2 is 2.28 bits per heavy atom. The third kappa shape index (κ3) is 1.78. The summed E-state index contributed by atoms with van der Waals surface area (Å²) < 4.78 is 6.40. The predicted molar refractivity (Wildman–Crippen MR) is 64.4 cm³/mol. The fourth-order valence-electron chi connectivity index (χ4n) is 1.67. The van der Waals surface area contributed by atoms with E-state index in [0.29, 0.717) is 27.7 Å². The van der Waals surface area contributed by atoms with E-state index < -0.39 is 0 Å². The molecule has 6 heteroatoms. The molecule has 0 spiro atoms. The number of fused-ring (bicyclic) bond motifs is 1. The minimum atomic E-state index is 0.350. The van der Waals surface area contributed by atoms with Gasteiger partial charge in [0.05, 0.1) is 5.56 Å². The zero-order valence-corrected chi connectivity index (χ0v) is 10.2. The standard InChI is InChI=1S/C12H9ClN3O2/c1-7-4-10-12(14-5-7)18-11(15-10)8-2-3-16(17)6-9(8)13/h2-6,17H,1H3/q+1. The van der Waals surface area contributed by atoms with E-state index in [2.05, 4.69) is 9.97 Å². The van der Waals surface area contributed by atoms with Gasteiger partial charge >= 0.3 is 0 Å². The summed E-state index contributed by atoms with van der Waals surface area (Å²) in [5, 5.41) is 9.58. The minimum absolute atomic E-state index is 0.350. The molecule has 3 heterocycles. The molecule has 18 heavy (non-hydrogen) atoms. The van der Waals surface area contributed by atoms with Gasteiger partial charge < -0.3 is 4.42 Å². The van der Waals surface area contributed by atoms with Crippen molar-refractivity contribution in [1.29, 1.82) is 0 Å². The molecule has 0 saturated carbocycles. The van der Waals surface area contributed by atoms with Crippen molar-refractivity contribution in [2.24, 2.45) is 0 Å². The molecule has 0 aliphatic carbocycles. The van der Waals surface area contributed by atoms with Gasteiger partial charge in [-0.25, -0.2) is 9.97 Å². The summed E-state index contributed by atoms with van der Waals surface area (Å²) in [5.74, 6) is 0.383. The number of hydrogen-bond acceptors (Lipinski definition) is 4. The van der Waals surface area contributed by atoms with Crippen LogP contribution in [0.4, 0.5) is 0 Å². The molecule has 0 unspecified atom stereocenters. The number of halogens is 1. The van der Waals surface area contributed by atoms with Crippen LogP contribution in [0, 0.1) is 6.92 Å². The van der Waals surface area contributed by atoms with E-state index in [-0.39, 0.29) is 0 Å². The Balaban J connectivity index is 2.19. The Kier molecular flexibility index (Phi) is 2.41. The smallest absolute Gasteiger partial charge is 0.247 e. The largest absolute Gasteiger partial charge is 0.418 e. The highest BCUT2D eigenvalue weighted by Crippen LogP contribution is 2.28. The normalized spacial score (nSPS) is 11.0. The van der Waals surface area contributed by atoms with Crippen LogP contribution < -0.4 is 4.73 Å². The van der Waals surface area contributed by atoms with E-state index in [1.807, 2.05) is 13.0 Å². The highest BCUT2D eigenvalue weighted by atomic mass is 35.5. The van der Waals surface area contributed by atoms with E-state index in [4.69, 9.17) is 16.0 Å². The summed E-state index contributed by atoms with van der Waals surface area (Å²) in [6, 6.07) is 3.51. The van der Waals surface area contributed by atoms with Crippen molar-refractivity contribution in [3.63, 3.8) is 0 Å². The van der Waals surface area contributed by atoms with Crippen molar-refractivity contribution >= 4 is 22.8 Å². The molecule has 3 aromatic heterocycles. The molecular weight excluding hydrogens is 254 g/mol. The summed E-state index contributed by atoms with van der Waals surface area (Å²) in [6.07, 6.45) is 4.53. The Morgan fingerprint density at radius 1 is 1.44 bits per heavy atom. The number of aromatic nitrogens is 3. The van der Waals surface area contributed by atoms with Gasteiger partial charge in [0.25, 0.3) is 0 Å². The van der Waals surface area contributed by atoms with Gasteiger partial charge in [0.15, 0.2) is 0 Å². The van der Waals surface area contributed by atoms with Crippen molar-refractivity contribution in [2.45, 2.75) is 6.92 Å². The lowest BCUT2D eigenvalue weighted by Crippen LogP contribution is -2.28. The van der Waals surface area contributed by atoms with Crippen molar-refractivity contribution in [2.75, 3.05) is 0 Å². The lowest BCUT2D eigenvalue weighted by atomic mass is 10.3. The summed E-state index contributed by atoms with van der Waals surface area (Å²) in [5.41, 5.74) is 2.77. The molecule has 1 N–H and O–H groups in total. The molecule has 0 atom stereocenters. The summed E-state index contributed by atoms with van der Waals surface area (Å²) in [7, 11) is 0. The number of nitrogens with zero attached hydrogens (tertiary/aromatic N) is 3. The van der Waals surface area contributed by atoms with Gasteiger partial charge in [0.1, 0.15) is 10.5 Å². The van der Waals surface area contributed by atoms with Crippen LogP contribution in [0.5, 0.6) is 0 Å². The van der Waals surface area contributed by atoms with E-state index in [0.717, 1.165) is 10.3 Å². The Bertz CT molecular complexity index is 739. The Hall–Kier alpha value is -2.14. The fraction of sp³-hybridized carbons (Fsp3) is 0.0833. The third-order valence-electron chi connectivity index (χ3n) is 2.51. The maximum Gasteiger partial charge on any atom is 0.247 e. The number of hydrogen-bond donors (Lipinski definition) is 1. The predicted octanol–water partition coefficient (Wildman–Crippen LogP) is 2.38. The Morgan fingerprint density at radius 3 is 3.06 bits per heavy atom. The molecular formula is C12H9ClN3O2+. The summed E-state index contributed by atoms with van der Waals surface area (Å²) >= 11 is 6.02. The van der Waals surface area contributed by atoms with Gasteiger partial charge in [-0.1, -0.05) is 11.6 Å². The van der Waals surface area contributed by atoms with E-state index in [1.54, 1.807) is 12.3 Å². The molecule has 90 valence electrons. The average Bonchev–Trinajstić information content (AvgIpc) is 2.71. The third-order valence-corrected chi connectivity index (χ3v) is 2.81. The maximum atomic E-state index is 9.23. The number of aryl methyl sites for hydroxylation is 1. The zero-order valence-electron chi connectivity index (χ0n) is 9.46. The maximum absolute atomic E-state index is 9.23. The first kappa shape index (κ1) is 11.0. The highest BCUT2D eigenvalue weighted by molar-refractivity contribution is 6.32. The quantitative estimate of drug-likeness (QED) is 0.540. The molecule has 0 bridgehead atoms. The summed E-state index contributed by atoms with van der Waals surface area (Å²) in [6.45, 7) is 1.94. The second kappa shape index (κ2) is 3.96. The van der Waals surface area contributed by atoms with Crippen molar-refractivity contribution in [3.8, 4) is 11.5 Å². The van der Waals surface area contributed by atoms with Crippen molar-refractivity contribution < 1.29 is 14.4 Å². The molecule has 0 aliphatic heterocycles. The van der Waals surface area contributed by atoms with Crippen molar-refractivity contribution in [3.05, 3.63) is 41.3 Å². The van der Waals surface area contributed by atoms with Crippen molar-refractivity contribution in [1.82, 2.24) is 9.97 Å². The topological polar surface area (TPSA) is 63.0 Å². The fourth-order valence-corrected chi connectivity index (χ4v) is 1.92. The highest BCUT2D eigenvalue weighted by Gasteiger charge is 2.15. The first-order valence-corrected chi connectivity index (χ1v) is 5.65. The van der Waals surface area contributed by atoms with Gasteiger partial charge in [0, 0.05) is 17.0 Å². The molecule has 3 aromatic rings. The van der Waals surface area contributed by atoms with E-state index >= 15 is 0 Å². The second-order valence-corrected chi connectivity index (χ2v) is 4.35. The molecule has 0 fully saturated rings. The van der Waals surface area contributed by atoms with Crippen LogP contribution in [0.25, 0.3) is 22.7 Å². The molecule has 3 rings (SSSR count). The monoisotopic (exact) mass is 262 g/mol. The lowest BCUT2D eigenvalue weighted by Gasteiger charge is -1.94.